The number of carbonyl (C=O) groups excluding carboxylic acids is 3. The monoisotopic (exact) mass is 242 g/mol. The topological polar surface area (TPSA) is 60.4 Å². The minimum atomic E-state index is -0.538. The highest BCUT2D eigenvalue weighted by atomic mass is 16.5. The number of esters is 1. The van der Waals surface area contributed by atoms with Crippen LogP contribution in [0, 0.1) is 5.92 Å². The number of carbonyl (C=O) groups is 3. The van der Waals surface area contributed by atoms with Crippen LogP contribution >= 0.6 is 0 Å². The molecule has 0 amide bonds. The molecule has 0 unspecified atom stereocenters. The zero-order valence-electron chi connectivity index (χ0n) is 11.0. The van der Waals surface area contributed by atoms with Gasteiger partial charge in [-0.25, -0.2) is 0 Å². The van der Waals surface area contributed by atoms with Gasteiger partial charge in [-0.05, 0) is 33.1 Å². The Balaban J connectivity index is 3.72. The molecule has 0 aliphatic carbocycles. The molecule has 0 N–H and O–H groups in total. The first-order valence-electron chi connectivity index (χ1n) is 6.15. The van der Waals surface area contributed by atoms with Crippen molar-refractivity contribution >= 4 is 17.5 Å². The van der Waals surface area contributed by atoms with E-state index in [2.05, 4.69) is 0 Å². The van der Waals surface area contributed by atoms with Gasteiger partial charge in [0.05, 0.1) is 12.5 Å². The summed E-state index contributed by atoms with van der Waals surface area (Å²) < 4.78 is 4.99. The fourth-order valence-electron chi connectivity index (χ4n) is 1.56. The molecule has 0 saturated carbocycles. The molecule has 17 heavy (non-hydrogen) atoms. The molecule has 4 nitrogen and oxygen atoms in total. The standard InChI is InChI=1S/C13H22O4/c1-4-5-8-13(16)17-9-6-7-12(10(2)14)11(3)15/h12H,4-9H2,1-3H3. The van der Waals surface area contributed by atoms with E-state index in [0.717, 1.165) is 12.8 Å². The quantitative estimate of drug-likeness (QED) is 0.353. The van der Waals surface area contributed by atoms with Gasteiger partial charge in [0.2, 0.25) is 0 Å². The SMILES string of the molecule is CCCCC(=O)OCCCC(C(C)=O)C(C)=O. The van der Waals surface area contributed by atoms with E-state index in [1.807, 2.05) is 6.92 Å². The molecule has 0 atom stereocenters. The largest absolute Gasteiger partial charge is 0.466 e. The molecule has 0 aromatic rings. The van der Waals surface area contributed by atoms with Crippen LogP contribution < -0.4 is 0 Å². The van der Waals surface area contributed by atoms with Crippen molar-refractivity contribution in [3.05, 3.63) is 0 Å². The smallest absolute Gasteiger partial charge is 0.305 e. The number of hydrogen-bond donors (Lipinski definition) is 0. The summed E-state index contributed by atoms with van der Waals surface area (Å²) in [6, 6.07) is 0. The predicted octanol–water partition coefficient (Wildman–Crippen LogP) is 2.29. The van der Waals surface area contributed by atoms with Crippen molar-refractivity contribution in [2.24, 2.45) is 5.92 Å². The highest BCUT2D eigenvalue weighted by molar-refractivity contribution is 6.00. The van der Waals surface area contributed by atoms with Crippen molar-refractivity contribution in [2.45, 2.75) is 52.9 Å². The normalized spacial score (nSPS) is 10.4. The lowest BCUT2D eigenvalue weighted by atomic mass is 9.95. The first-order chi connectivity index (χ1) is 7.99. The van der Waals surface area contributed by atoms with Crippen LogP contribution in [-0.2, 0) is 19.1 Å². The van der Waals surface area contributed by atoms with Gasteiger partial charge >= 0.3 is 5.97 Å². The molecule has 0 aromatic carbocycles. The van der Waals surface area contributed by atoms with Gasteiger partial charge in [-0.3, -0.25) is 14.4 Å². The molecule has 0 radical (unpaired) electrons. The van der Waals surface area contributed by atoms with Crippen molar-refractivity contribution in [3.63, 3.8) is 0 Å². The van der Waals surface area contributed by atoms with Crippen molar-refractivity contribution in [3.8, 4) is 0 Å². The minimum Gasteiger partial charge on any atom is -0.466 e. The molecule has 0 aliphatic rings. The van der Waals surface area contributed by atoms with Crippen molar-refractivity contribution in [1.82, 2.24) is 0 Å². The second kappa shape index (κ2) is 8.90. The van der Waals surface area contributed by atoms with E-state index in [1.165, 1.54) is 13.8 Å². The van der Waals surface area contributed by atoms with E-state index in [0.29, 0.717) is 25.9 Å². The van der Waals surface area contributed by atoms with Gasteiger partial charge in [0, 0.05) is 6.42 Å². The summed E-state index contributed by atoms with van der Waals surface area (Å²) in [6.07, 6.45) is 3.26. The first-order valence-corrected chi connectivity index (χ1v) is 6.15. The average molecular weight is 242 g/mol. The number of ether oxygens (including phenoxy) is 1. The maximum absolute atomic E-state index is 11.2. The predicted molar refractivity (Wildman–Crippen MR) is 64.6 cm³/mol. The third-order valence-corrected chi connectivity index (χ3v) is 2.62. The summed E-state index contributed by atoms with van der Waals surface area (Å²) in [4.78, 5) is 33.4. The minimum absolute atomic E-state index is 0.116. The Labute approximate surface area is 103 Å². The maximum Gasteiger partial charge on any atom is 0.305 e. The molecule has 0 saturated heterocycles. The first kappa shape index (κ1) is 15.8. The van der Waals surface area contributed by atoms with Crippen LogP contribution in [0.4, 0.5) is 0 Å². The van der Waals surface area contributed by atoms with E-state index >= 15 is 0 Å². The van der Waals surface area contributed by atoms with E-state index in [9.17, 15) is 14.4 Å². The van der Waals surface area contributed by atoms with Crippen LogP contribution in [-0.4, -0.2) is 24.1 Å². The fraction of sp³-hybridized carbons (Fsp3) is 0.769. The molecule has 0 aliphatic heterocycles. The van der Waals surface area contributed by atoms with Crippen LogP contribution in [0.3, 0.4) is 0 Å². The van der Waals surface area contributed by atoms with Crippen molar-refractivity contribution < 1.29 is 19.1 Å². The number of hydrogen-bond acceptors (Lipinski definition) is 4. The maximum atomic E-state index is 11.2. The van der Waals surface area contributed by atoms with Crippen LogP contribution in [0.1, 0.15) is 52.9 Å². The van der Waals surface area contributed by atoms with Gasteiger partial charge < -0.3 is 4.74 Å². The Bertz CT molecular complexity index is 257. The molecule has 0 heterocycles. The van der Waals surface area contributed by atoms with Gasteiger partial charge in [0.25, 0.3) is 0 Å². The van der Waals surface area contributed by atoms with Crippen LogP contribution in [0.25, 0.3) is 0 Å². The van der Waals surface area contributed by atoms with Gasteiger partial charge in [-0.15, -0.1) is 0 Å². The zero-order chi connectivity index (χ0) is 13.3. The molecular weight excluding hydrogens is 220 g/mol. The number of rotatable bonds is 9. The third kappa shape index (κ3) is 7.66. The Morgan fingerprint density at radius 3 is 2.12 bits per heavy atom. The second-order valence-electron chi connectivity index (χ2n) is 4.24. The Morgan fingerprint density at radius 1 is 1.06 bits per heavy atom. The summed E-state index contributed by atoms with van der Waals surface area (Å²) in [7, 11) is 0. The Hall–Kier alpha value is -1.19. The molecule has 0 bridgehead atoms. The highest BCUT2D eigenvalue weighted by Gasteiger charge is 2.18. The van der Waals surface area contributed by atoms with Gasteiger partial charge in [0.15, 0.2) is 0 Å². The van der Waals surface area contributed by atoms with E-state index in [1.54, 1.807) is 0 Å². The summed E-state index contributed by atoms with van der Waals surface area (Å²) in [5.41, 5.74) is 0. The van der Waals surface area contributed by atoms with Crippen LogP contribution in [0.15, 0.2) is 0 Å². The van der Waals surface area contributed by atoms with Crippen LogP contribution in [0.2, 0.25) is 0 Å². The summed E-state index contributed by atoms with van der Waals surface area (Å²) in [6.45, 7) is 5.13. The number of Topliss-reactive ketones (excluding diaryl/α,β-unsaturated/α-hetero) is 2. The molecule has 98 valence electrons. The lowest BCUT2D eigenvalue weighted by molar-refractivity contribution is -0.143. The van der Waals surface area contributed by atoms with Gasteiger partial charge in [-0.1, -0.05) is 13.3 Å². The Morgan fingerprint density at radius 2 is 1.65 bits per heavy atom. The average Bonchev–Trinajstić information content (AvgIpc) is 2.24. The molecule has 4 heteroatoms. The van der Waals surface area contributed by atoms with Gasteiger partial charge in [-0.2, -0.15) is 0 Å². The Kier molecular flexibility index (Phi) is 8.28. The zero-order valence-corrected chi connectivity index (χ0v) is 11.0. The van der Waals surface area contributed by atoms with Crippen LogP contribution in [0.5, 0.6) is 0 Å². The van der Waals surface area contributed by atoms with Gasteiger partial charge in [0.1, 0.15) is 11.6 Å². The third-order valence-electron chi connectivity index (χ3n) is 2.62. The summed E-state index contributed by atoms with van der Waals surface area (Å²) in [5.74, 6) is -0.969. The number of unbranched alkanes of at least 4 members (excludes halogenated alkanes) is 1. The lowest BCUT2D eigenvalue weighted by Gasteiger charge is -2.10. The van der Waals surface area contributed by atoms with Crippen molar-refractivity contribution in [2.75, 3.05) is 6.61 Å². The fourth-order valence-corrected chi connectivity index (χ4v) is 1.56. The van der Waals surface area contributed by atoms with E-state index in [-0.39, 0.29) is 17.5 Å². The molecule has 0 fully saturated rings. The molecule has 0 spiro atoms. The lowest BCUT2D eigenvalue weighted by Crippen LogP contribution is -2.20. The highest BCUT2D eigenvalue weighted by Crippen LogP contribution is 2.09. The molecule has 0 rings (SSSR count). The molecular formula is C13H22O4. The molecule has 0 aromatic heterocycles. The summed E-state index contributed by atoms with van der Waals surface area (Å²) >= 11 is 0. The number of ketones is 2. The van der Waals surface area contributed by atoms with E-state index in [4.69, 9.17) is 4.74 Å². The van der Waals surface area contributed by atoms with Crippen molar-refractivity contribution in [1.29, 1.82) is 0 Å². The van der Waals surface area contributed by atoms with E-state index < -0.39 is 5.92 Å². The second-order valence-corrected chi connectivity index (χ2v) is 4.24. The summed E-state index contributed by atoms with van der Waals surface area (Å²) in [5, 5.41) is 0.